The van der Waals surface area contributed by atoms with Crippen molar-refractivity contribution in [3.8, 4) is 0 Å². The lowest BCUT2D eigenvalue weighted by Crippen LogP contribution is -2.20. The molecule has 3 rings (SSSR count). The molecule has 9 nitrogen and oxygen atoms in total. The third-order valence-corrected chi connectivity index (χ3v) is 3.74. The van der Waals surface area contributed by atoms with Gasteiger partial charge in [-0.25, -0.2) is 9.59 Å². The van der Waals surface area contributed by atoms with Gasteiger partial charge in [-0.3, -0.25) is 10.1 Å². The lowest BCUT2D eigenvalue weighted by Gasteiger charge is -2.07. The lowest BCUT2D eigenvalue weighted by atomic mass is 10.1. The van der Waals surface area contributed by atoms with E-state index < -0.39 is 17.0 Å². The summed E-state index contributed by atoms with van der Waals surface area (Å²) < 4.78 is 10.7. The van der Waals surface area contributed by atoms with Gasteiger partial charge in [-0.2, -0.15) is 4.73 Å². The number of rotatable bonds is 5. The van der Waals surface area contributed by atoms with Crippen LogP contribution in [0.3, 0.4) is 0 Å². The average Bonchev–Trinajstić information content (AvgIpc) is 3.04. The molecule has 0 spiro atoms. The number of nitrogens with zero attached hydrogens (tertiary/aromatic N) is 2. The summed E-state index contributed by atoms with van der Waals surface area (Å²) in [5.41, 5.74) is 0.861. The van der Waals surface area contributed by atoms with Gasteiger partial charge in [0.1, 0.15) is 6.61 Å². The molecule has 3 aromatic rings. The zero-order chi connectivity index (χ0) is 19.4. The molecular weight excluding hydrogens is 356 g/mol. The smallest absolute Gasteiger partial charge is 0.465 e. The minimum Gasteiger partial charge on any atom is -0.465 e. The van der Waals surface area contributed by atoms with E-state index in [1.807, 2.05) is 6.07 Å². The summed E-state index contributed by atoms with van der Waals surface area (Å²) >= 11 is 0. The van der Waals surface area contributed by atoms with Crippen LogP contribution in [0.2, 0.25) is 0 Å². The first-order chi connectivity index (χ1) is 13.0. The maximum absolute atomic E-state index is 12.0. The molecule has 27 heavy (non-hydrogen) atoms. The second-order valence-electron chi connectivity index (χ2n) is 5.43. The fraction of sp³-hybridized carbons (Fsp3) is 0.111. The van der Waals surface area contributed by atoms with E-state index in [1.165, 1.54) is 31.5 Å². The Kier molecular flexibility index (Phi) is 5.02. The van der Waals surface area contributed by atoms with Crippen LogP contribution in [0.5, 0.6) is 0 Å². The SMILES string of the molecule is COC(=O)c1cn(OC(=O)OCc2ccccc2)c2ccc([N+](=O)[O-])cc12. The molecule has 0 bridgehead atoms. The van der Waals surface area contributed by atoms with Gasteiger partial charge in [0, 0.05) is 17.5 Å². The topological polar surface area (TPSA) is 110 Å². The number of carbonyl (C=O) groups excluding carboxylic acids is 2. The van der Waals surface area contributed by atoms with Gasteiger partial charge in [0.05, 0.1) is 29.3 Å². The molecule has 0 atom stereocenters. The molecule has 0 aliphatic heterocycles. The lowest BCUT2D eigenvalue weighted by molar-refractivity contribution is -0.384. The van der Waals surface area contributed by atoms with Crippen LogP contribution in [0, 0.1) is 10.1 Å². The summed E-state index contributed by atoms with van der Waals surface area (Å²) in [4.78, 5) is 39.4. The van der Waals surface area contributed by atoms with Crippen LogP contribution in [0.4, 0.5) is 10.5 Å². The normalized spacial score (nSPS) is 10.4. The first-order valence-electron chi connectivity index (χ1n) is 7.76. The van der Waals surface area contributed by atoms with Crippen LogP contribution in [0.1, 0.15) is 15.9 Å². The van der Waals surface area contributed by atoms with Gasteiger partial charge in [-0.15, -0.1) is 0 Å². The number of nitro benzene ring substituents is 1. The Balaban J connectivity index is 1.86. The molecular formula is C18H14N2O7. The fourth-order valence-electron chi connectivity index (χ4n) is 2.47. The van der Waals surface area contributed by atoms with Gasteiger partial charge in [-0.05, 0) is 11.6 Å². The molecule has 0 radical (unpaired) electrons. The van der Waals surface area contributed by atoms with E-state index in [-0.39, 0.29) is 28.8 Å². The predicted octanol–water partition coefficient (Wildman–Crippen LogP) is 3.10. The standard InChI is InChI=1S/C18H14N2O7/c1-25-17(21)15-10-19(16-8-7-13(20(23)24)9-14(15)16)27-18(22)26-11-12-5-3-2-4-6-12/h2-10H,11H2,1H3. The molecule has 0 aliphatic carbocycles. The summed E-state index contributed by atoms with van der Waals surface area (Å²) in [7, 11) is 1.18. The second kappa shape index (κ2) is 7.56. The van der Waals surface area contributed by atoms with Crippen molar-refractivity contribution in [2.45, 2.75) is 6.61 Å². The molecule has 0 saturated heterocycles. The minimum absolute atomic E-state index is 0.00814. The Morgan fingerprint density at radius 2 is 1.89 bits per heavy atom. The van der Waals surface area contributed by atoms with Crippen molar-refractivity contribution in [2.75, 3.05) is 7.11 Å². The van der Waals surface area contributed by atoms with Crippen molar-refractivity contribution >= 4 is 28.7 Å². The predicted molar refractivity (Wildman–Crippen MR) is 93.1 cm³/mol. The van der Waals surface area contributed by atoms with Gasteiger partial charge in [-0.1, -0.05) is 30.3 Å². The molecule has 138 valence electrons. The first kappa shape index (κ1) is 17.9. The van der Waals surface area contributed by atoms with Crippen molar-refractivity contribution in [1.29, 1.82) is 0 Å². The molecule has 0 N–H and O–H groups in total. The van der Waals surface area contributed by atoms with Crippen molar-refractivity contribution < 1.29 is 28.8 Å². The molecule has 2 aromatic carbocycles. The van der Waals surface area contributed by atoms with Crippen LogP contribution in [-0.4, -0.2) is 28.9 Å². The van der Waals surface area contributed by atoms with E-state index in [2.05, 4.69) is 4.74 Å². The Bertz CT molecular complexity index is 1010. The number of benzene rings is 2. The van der Waals surface area contributed by atoms with Gasteiger partial charge in [0.25, 0.3) is 5.69 Å². The molecule has 0 saturated carbocycles. The Labute approximate surface area is 152 Å². The molecule has 0 fully saturated rings. The van der Waals surface area contributed by atoms with Gasteiger partial charge in [0.2, 0.25) is 0 Å². The number of fused-ring (bicyclic) bond motifs is 1. The third-order valence-electron chi connectivity index (χ3n) is 3.74. The Morgan fingerprint density at radius 1 is 1.15 bits per heavy atom. The van der Waals surface area contributed by atoms with E-state index in [0.717, 1.165) is 10.3 Å². The highest BCUT2D eigenvalue weighted by atomic mass is 16.8. The summed E-state index contributed by atoms with van der Waals surface area (Å²) in [5, 5.41) is 11.2. The van der Waals surface area contributed by atoms with Crippen LogP contribution in [-0.2, 0) is 16.1 Å². The number of ether oxygens (including phenoxy) is 2. The van der Waals surface area contributed by atoms with E-state index in [4.69, 9.17) is 9.57 Å². The number of hydrogen-bond donors (Lipinski definition) is 0. The van der Waals surface area contributed by atoms with E-state index in [1.54, 1.807) is 24.3 Å². The Morgan fingerprint density at radius 3 is 2.56 bits per heavy atom. The highest BCUT2D eigenvalue weighted by molar-refractivity contribution is 6.05. The van der Waals surface area contributed by atoms with Crippen molar-refractivity contribution in [2.24, 2.45) is 0 Å². The van der Waals surface area contributed by atoms with E-state index in [9.17, 15) is 19.7 Å². The van der Waals surface area contributed by atoms with E-state index in [0.29, 0.717) is 0 Å². The highest BCUT2D eigenvalue weighted by Gasteiger charge is 2.21. The van der Waals surface area contributed by atoms with Crippen molar-refractivity contribution in [3.05, 3.63) is 76.0 Å². The molecule has 1 heterocycles. The van der Waals surface area contributed by atoms with Crippen LogP contribution in [0.15, 0.2) is 54.7 Å². The van der Waals surface area contributed by atoms with Crippen LogP contribution >= 0.6 is 0 Å². The minimum atomic E-state index is -0.995. The fourth-order valence-corrected chi connectivity index (χ4v) is 2.47. The summed E-state index contributed by atoms with van der Waals surface area (Å²) in [6.07, 6.45) is 0.217. The second-order valence-corrected chi connectivity index (χ2v) is 5.43. The molecule has 1 aromatic heterocycles. The summed E-state index contributed by atoms with van der Waals surface area (Å²) in [6, 6.07) is 12.8. The number of non-ortho nitro benzene ring substituents is 1. The molecule has 0 unspecified atom stereocenters. The zero-order valence-electron chi connectivity index (χ0n) is 14.2. The van der Waals surface area contributed by atoms with E-state index >= 15 is 0 Å². The number of hydrogen-bond acceptors (Lipinski definition) is 7. The quantitative estimate of drug-likeness (QED) is 0.385. The maximum Gasteiger partial charge on any atom is 0.534 e. The van der Waals surface area contributed by atoms with Gasteiger partial charge < -0.3 is 14.3 Å². The molecule has 9 heteroatoms. The third kappa shape index (κ3) is 3.87. The first-order valence-corrected chi connectivity index (χ1v) is 7.76. The molecule has 0 amide bonds. The number of carbonyl (C=O) groups is 2. The Hall–Kier alpha value is -3.88. The maximum atomic E-state index is 12.0. The van der Waals surface area contributed by atoms with Crippen LogP contribution < -0.4 is 4.84 Å². The summed E-state index contributed by atoms with van der Waals surface area (Å²) in [5.74, 6) is -0.722. The number of esters is 1. The largest absolute Gasteiger partial charge is 0.534 e. The average molecular weight is 370 g/mol. The number of aromatic nitrogens is 1. The van der Waals surface area contributed by atoms with Gasteiger partial charge >= 0.3 is 12.1 Å². The van der Waals surface area contributed by atoms with Crippen molar-refractivity contribution in [3.63, 3.8) is 0 Å². The zero-order valence-corrected chi connectivity index (χ0v) is 14.2. The van der Waals surface area contributed by atoms with Gasteiger partial charge in [0.15, 0.2) is 0 Å². The molecule has 0 aliphatic rings. The number of methoxy groups -OCH3 is 1. The summed E-state index contributed by atoms with van der Waals surface area (Å²) in [6.45, 7) is 0.00814. The monoisotopic (exact) mass is 370 g/mol. The van der Waals surface area contributed by atoms with Crippen LogP contribution in [0.25, 0.3) is 10.9 Å². The highest BCUT2D eigenvalue weighted by Crippen LogP contribution is 2.26. The number of nitro groups is 1. The van der Waals surface area contributed by atoms with Crippen molar-refractivity contribution in [1.82, 2.24) is 4.73 Å².